The molecule has 0 aromatic rings. The number of ether oxygens (including phenoxy) is 1. The Morgan fingerprint density at radius 1 is 1.50 bits per heavy atom. The Bertz CT molecular complexity index is 302. The van der Waals surface area contributed by atoms with E-state index in [1.54, 1.807) is 0 Å². The minimum Gasteiger partial charge on any atom is -0.409 e. The Hall–Kier alpha value is -1.30. The molecule has 2 aliphatic rings. The predicted octanol–water partition coefficient (Wildman–Crippen LogP) is -0.193. The Balaban J connectivity index is 1.81. The zero-order valence-corrected chi connectivity index (χ0v) is 9.06. The zero-order valence-electron chi connectivity index (χ0n) is 9.06. The fourth-order valence-electron chi connectivity index (χ4n) is 2.11. The van der Waals surface area contributed by atoms with E-state index in [0.29, 0.717) is 12.5 Å². The Morgan fingerprint density at radius 2 is 2.25 bits per heavy atom. The van der Waals surface area contributed by atoms with Gasteiger partial charge in [0, 0.05) is 6.61 Å². The highest BCUT2D eigenvalue weighted by molar-refractivity contribution is 5.98. The minimum absolute atomic E-state index is 0.0651. The number of amidine groups is 1. The van der Waals surface area contributed by atoms with Crippen molar-refractivity contribution in [3.05, 3.63) is 0 Å². The molecule has 16 heavy (non-hydrogen) atoms. The quantitative estimate of drug-likeness (QED) is 0.268. The Labute approximate surface area is 93.8 Å². The molecule has 0 radical (unpaired) electrons. The molecule has 1 amide bonds. The van der Waals surface area contributed by atoms with Gasteiger partial charge in [0.2, 0.25) is 5.91 Å². The molecule has 1 aliphatic carbocycles. The number of hydrogen-bond donors (Lipinski definition) is 3. The molecule has 1 aliphatic heterocycles. The van der Waals surface area contributed by atoms with E-state index in [9.17, 15) is 4.79 Å². The van der Waals surface area contributed by atoms with Gasteiger partial charge in [0.05, 0.1) is 18.6 Å². The minimum atomic E-state index is -0.212. The molecule has 0 spiro atoms. The lowest BCUT2D eigenvalue weighted by molar-refractivity contribution is -0.121. The van der Waals surface area contributed by atoms with Crippen LogP contribution in [0.25, 0.3) is 0 Å². The summed E-state index contributed by atoms with van der Waals surface area (Å²) in [5, 5.41) is 14.0. The van der Waals surface area contributed by atoms with Crippen molar-refractivity contribution in [3.8, 4) is 0 Å². The number of nitrogens with two attached hydrogens (primary N) is 1. The van der Waals surface area contributed by atoms with E-state index in [4.69, 9.17) is 15.7 Å². The monoisotopic (exact) mass is 227 g/mol. The third-order valence-corrected chi connectivity index (χ3v) is 3.04. The van der Waals surface area contributed by atoms with Crippen LogP contribution in [0.4, 0.5) is 0 Å². The lowest BCUT2D eigenvalue weighted by Crippen LogP contribution is -2.42. The van der Waals surface area contributed by atoms with Gasteiger partial charge in [0.25, 0.3) is 0 Å². The van der Waals surface area contributed by atoms with Crippen LogP contribution >= 0.6 is 0 Å². The second kappa shape index (κ2) is 4.69. The highest BCUT2D eigenvalue weighted by Crippen LogP contribution is 2.38. The van der Waals surface area contributed by atoms with E-state index in [0.717, 1.165) is 6.42 Å². The number of carbonyl (C=O) groups excluding carboxylic acids is 1. The summed E-state index contributed by atoms with van der Waals surface area (Å²) in [6, 6.07) is 0.0893. The molecule has 0 aromatic heterocycles. The zero-order chi connectivity index (χ0) is 11.5. The molecular formula is C10H17N3O3. The first-order valence-corrected chi connectivity index (χ1v) is 5.58. The van der Waals surface area contributed by atoms with Gasteiger partial charge in [0.15, 0.2) is 0 Å². The van der Waals surface area contributed by atoms with Gasteiger partial charge in [-0.1, -0.05) is 5.16 Å². The number of oxime groups is 1. The number of nitrogens with one attached hydrogen (secondary N) is 1. The van der Waals surface area contributed by atoms with Gasteiger partial charge >= 0.3 is 0 Å². The molecule has 4 N–H and O–H groups in total. The summed E-state index contributed by atoms with van der Waals surface area (Å²) < 4.78 is 5.60. The SMILES string of the molecule is NC(CC(=O)NC1CCOC1C1CC1)=NO. The molecule has 2 atom stereocenters. The first-order chi connectivity index (χ1) is 7.70. The number of nitrogens with zero attached hydrogens (tertiary/aromatic N) is 1. The summed E-state index contributed by atoms with van der Waals surface area (Å²) >= 11 is 0. The summed E-state index contributed by atoms with van der Waals surface area (Å²) in [5.74, 6) is 0.326. The first kappa shape index (κ1) is 11.2. The summed E-state index contributed by atoms with van der Waals surface area (Å²) in [5.41, 5.74) is 5.26. The maximum absolute atomic E-state index is 11.5. The second-order valence-electron chi connectivity index (χ2n) is 4.40. The van der Waals surface area contributed by atoms with E-state index in [1.807, 2.05) is 0 Å². The van der Waals surface area contributed by atoms with Crippen molar-refractivity contribution in [3.63, 3.8) is 0 Å². The smallest absolute Gasteiger partial charge is 0.228 e. The maximum Gasteiger partial charge on any atom is 0.228 e. The van der Waals surface area contributed by atoms with Crippen molar-refractivity contribution in [1.29, 1.82) is 0 Å². The van der Waals surface area contributed by atoms with Crippen LogP contribution in [0, 0.1) is 5.92 Å². The largest absolute Gasteiger partial charge is 0.409 e. The van der Waals surface area contributed by atoms with E-state index >= 15 is 0 Å². The van der Waals surface area contributed by atoms with Gasteiger partial charge in [-0.3, -0.25) is 4.79 Å². The molecule has 1 saturated heterocycles. The van der Waals surface area contributed by atoms with E-state index in [1.165, 1.54) is 12.8 Å². The molecular weight excluding hydrogens is 210 g/mol. The van der Waals surface area contributed by atoms with Crippen LogP contribution in [-0.2, 0) is 9.53 Å². The van der Waals surface area contributed by atoms with E-state index in [2.05, 4.69) is 10.5 Å². The fraction of sp³-hybridized carbons (Fsp3) is 0.800. The molecule has 1 saturated carbocycles. The molecule has 2 rings (SSSR count). The number of carbonyl (C=O) groups is 1. The molecule has 6 heteroatoms. The second-order valence-corrected chi connectivity index (χ2v) is 4.40. The fourth-order valence-corrected chi connectivity index (χ4v) is 2.11. The van der Waals surface area contributed by atoms with Crippen LogP contribution in [-0.4, -0.2) is 35.7 Å². The van der Waals surface area contributed by atoms with Crippen molar-refractivity contribution >= 4 is 11.7 Å². The first-order valence-electron chi connectivity index (χ1n) is 5.58. The molecule has 0 aromatic carbocycles. The van der Waals surface area contributed by atoms with E-state index < -0.39 is 0 Å². The summed E-state index contributed by atoms with van der Waals surface area (Å²) in [4.78, 5) is 11.5. The van der Waals surface area contributed by atoms with E-state index in [-0.39, 0.29) is 30.3 Å². The third-order valence-electron chi connectivity index (χ3n) is 3.04. The lowest BCUT2D eigenvalue weighted by Gasteiger charge is -2.19. The highest BCUT2D eigenvalue weighted by atomic mass is 16.5. The van der Waals surface area contributed by atoms with Crippen LogP contribution in [0.3, 0.4) is 0 Å². The molecule has 2 unspecified atom stereocenters. The topological polar surface area (TPSA) is 96.9 Å². The summed E-state index contributed by atoms with van der Waals surface area (Å²) in [6.07, 6.45) is 3.33. The number of amides is 1. The molecule has 90 valence electrons. The molecule has 6 nitrogen and oxygen atoms in total. The van der Waals surface area contributed by atoms with Gasteiger partial charge in [-0.2, -0.15) is 0 Å². The lowest BCUT2D eigenvalue weighted by atomic mass is 10.1. The van der Waals surface area contributed by atoms with Gasteiger partial charge in [0.1, 0.15) is 5.84 Å². The third kappa shape index (κ3) is 2.63. The van der Waals surface area contributed by atoms with Crippen LogP contribution in [0.5, 0.6) is 0 Å². The predicted molar refractivity (Wildman–Crippen MR) is 57.0 cm³/mol. The van der Waals surface area contributed by atoms with Crippen LogP contribution in [0.15, 0.2) is 5.16 Å². The molecule has 0 bridgehead atoms. The van der Waals surface area contributed by atoms with Gasteiger partial charge in [-0.25, -0.2) is 0 Å². The van der Waals surface area contributed by atoms with Gasteiger partial charge < -0.3 is 21.0 Å². The van der Waals surface area contributed by atoms with Crippen molar-refractivity contribution < 1.29 is 14.7 Å². The van der Waals surface area contributed by atoms with Crippen molar-refractivity contribution in [1.82, 2.24) is 5.32 Å². The maximum atomic E-state index is 11.5. The van der Waals surface area contributed by atoms with Crippen LogP contribution < -0.4 is 11.1 Å². The van der Waals surface area contributed by atoms with Crippen molar-refractivity contribution in [2.45, 2.75) is 37.8 Å². The normalized spacial score (nSPS) is 30.4. The van der Waals surface area contributed by atoms with Gasteiger partial charge in [-0.15, -0.1) is 0 Å². The average Bonchev–Trinajstić information content (AvgIpc) is 3.00. The molecule has 1 heterocycles. The Kier molecular flexibility index (Phi) is 3.28. The Morgan fingerprint density at radius 3 is 2.88 bits per heavy atom. The highest BCUT2D eigenvalue weighted by Gasteiger charge is 2.41. The van der Waals surface area contributed by atoms with Crippen LogP contribution in [0.1, 0.15) is 25.7 Å². The number of rotatable bonds is 4. The van der Waals surface area contributed by atoms with Crippen molar-refractivity contribution in [2.75, 3.05) is 6.61 Å². The molecule has 2 fully saturated rings. The standard InChI is InChI=1S/C10H17N3O3/c11-8(13-15)5-9(14)12-7-3-4-16-10(7)6-1-2-6/h6-7,10,15H,1-5H2,(H2,11,13)(H,12,14). The summed E-state index contributed by atoms with van der Waals surface area (Å²) in [6.45, 7) is 0.704. The van der Waals surface area contributed by atoms with Gasteiger partial charge in [-0.05, 0) is 25.2 Å². The number of hydrogen-bond acceptors (Lipinski definition) is 4. The summed E-state index contributed by atoms with van der Waals surface area (Å²) in [7, 11) is 0. The average molecular weight is 227 g/mol. The van der Waals surface area contributed by atoms with Crippen molar-refractivity contribution in [2.24, 2.45) is 16.8 Å². The van der Waals surface area contributed by atoms with Crippen LogP contribution in [0.2, 0.25) is 0 Å².